The first kappa shape index (κ1) is 12.8. The van der Waals surface area contributed by atoms with E-state index in [2.05, 4.69) is 9.78 Å². The van der Waals surface area contributed by atoms with Crippen molar-refractivity contribution < 1.29 is 28.1 Å². The van der Waals surface area contributed by atoms with Crippen LogP contribution >= 0.6 is 0 Å². The molecule has 0 aliphatic rings. The zero-order chi connectivity index (χ0) is 11.1. The minimum atomic E-state index is -1.86. The Balaban J connectivity index is 3.83. The third-order valence-electron chi connectivity index (χ3n) is 1.43. The Labute approximate surface area is 80.1 Å². The maximum Gasteiger partial charge on any atom is 0.389 e. The van der Waals surface area contributed by atoms with Gasteiger partial charge in [0.2, 0.25) is 12.3 Å². The molecule has 2 unspecified atom stereocenters. The van der Waals surface area contributed by atoms with E-state index in [1.165, 1.54) is 13.8 Å². The SMILES string of the molecule is CCC(F)C(=O)OOC(=O)C(F)CC. The van der Waals surface area contributed by atoms with Gasteiger partial charge in [-0.25, -0.2) is 28.1 Å². The van der Waals surface area contributed by atoms with Gasteiger partial charge in [0, 0.05) is 0 Å². The van der Waals surface area contributed by atoms with E-state index in [0.29, 0.717) is 0 Å². The van der Waals surface area contributed by atoms with Gasteiger partial charge in [-0.05, 0) is 12.8 Å². The lowest BCUT2D eigenvalue weighted by Crippen LogP contribution is -2.24. The smallest absolute Gasteiger partial charge is 0.244 e. The number of hydrogen-bond donors (Lipinski definition) is 0. The van der Waals surface area contributed by atoms with Gasteiger partial charge >= 0.3 is 11.9 Å². The van der Waals surface area contributed by atoms with Crippen LogP contribution in [0, 0.1) is 0 Å². The molecule has 0 spiro atoms. The molecular formula is C8H12F2O4. The van der Waals surface area contributed by atoms with Crippen LogP contribution in [-0.2, 0) is 19.4 Å². The van der Waals surface area contributed by atoms with Crippen molar-refractivity contribution in [2.75, 3.05) is 0 Å². The average molecular weight is 210 g/mol. The summed E-state index contributed by atoms with van der Waals surface area (Å²) in [5.74, 6) is -2.66. The summed E-state index contributed by atoms with van der Waals surface area (Å²) in [4.78, 5) is 28.7. The number of alkyl halides is 2. The highest BCUT2D eigenvalue weighted by Gasteiger charge is 2.23. The first-order valence-electron chi connectivity index (χ1n) is 4.23. The van der Waals surface area contributed by atoms with E-state index in [-0.39, 0.29) is 12.8 Å². The van der Waals surface area contributed by atoms with Crippen LogP contribution in [0.25, 0.3) is 0 Å². The van der Waals surface area contributed by atoms with Crippen molar-refractivity contribution in [2.24, 2.45) is 0 Å². The van der Waals surface area contributed by atoms with E-state index >= 15 is 0 Å². The van der Waals surface area contributed by atoms with Crippen molar-refractivity contribution in [3.8, 4) is 0 Å². The summed E-state index contributed by atoms with van der Waals surface area (Å²) < 4.78 is 25.0. The first-order chi connectivity index (χ1) is 6.52. The monoisotopic (exact) mass is 210 g/mol. The normalized spacial score (nSPS) is 14.3. The van der Waals surface area contributed by atoms with E-state index in [0.717, 1.165) is 0 Å². The van der Waals surface area contributed by atoms with E-state index in [9.17, 15) is 18.4 Å². The number of carbonyl (C=O) groups is 2. The second-order valence-electron chi connectivity index (χ2n) is 2.56. The molecule has 0 aromatic carbocycles. The molecule has 0 fully saturated rings. The first-order valence-corrected chi connectivity index (χ1v) is 4.23. The molecule has 2 atom stereocenters. The highest BCUT2D eigenvalue weighted by Crippen LogP contribution is 2.03. The highest BCUT2D eigenvalue weighted by atomic mass is 19.1. The molecule has 0 heterocycles. The zero-order valence-electron chi connectivity index (χ0n) is 7.96. The Morgan fingerprint density at radius 1 is 1.00 bits per heavy atom. The number of carbonyl (C=O) groups excluding carboxylic acids is 2. The molecule has 6 heteroatoms. The highest BCUT2D eigenvalue weighted by molar-refractivity contribution is 5.77. The number of rotatable bonds is 4. The molecule has 0 rings (SSSR count). The Morgan fingerprint density at radius 2 is 1.29 bits per heavy atom. The van der Waals surface area contributed by atoms with Crippen molar-refractivity contribution in [3.63, 3.8) is 0 Å². The van der Waals surface area contributed by atoms with Gasteiger partial charge in [-0.1, -0.05) is 13.8 Å². The molecule has 82 valence electrons. The fourth-order valence-electron chi connectivity index (χ4n) is 0.520. The van der Waals surface area contributed by atoms with Crippen LogP contribution < -0.4 is 0 Å². The fourth-order valence-corrected chi connectivity index (χ4v) is 0.520. The topological polar surface area (TPSA) is 52.6 Å². The van der Waals surface area contributed by atoms with Gasteiger partial charge in [-0.2, -0.15) is 0 Å². The lowest BCUT2D eigenvalue weighted by atomic mass is 10.3. The van der Waals surface area contributed by atoms with E-state index in [4.69, 9.17) is 0 Å². The molecule has 0 aliphatic carbocycles. The number of hydrogen-bond acceptors (Lipinski definition) is 4. The summed E-state index contributed by atoms with van der Waals surface area (Å²) in [6.07, 6.45) is -3.91. The standard InChI is InChI=1S/C8H12F2O4/c1-3-5(9)7(11)13-14-8(12)6(10)4-2/h5-6H,3-4H2,1-2H3. The van der Waals surface area contributed by atoms with E-state index in [1.54, 1.807) is 0 Å². The van der Waals surface area contributed by atoms with E-state index < -0.39 is 24.3 Å². The predicted octanol–water partition coefficient (Wildman–Crippen LogP) is 1.48. The second-order valence-corrected chi connectivity index (χ2v) is 2.56. The van der Waals surface area contributed by atoms with Crippen LogP contribution in [-0.4, -0.2) is 24.3 Å². The lowest BCUT2D eigenvalue weighted by molar-refractivity contribution is -0.265. The molecule has 0 aliphatic heterocycles. The fraction of sp³-hybridized carbons (Fsp3) is 0.750. The van der Waals surface area contributed by atoms with Gasteiger partial charge in [0.1, 0.15) is 0 Å². The molecule has 0 saturated carbocycles. The third-order valence-corrected chi connectivity index (χ3v) is 1.43. The van der Waals surface area contributed by atoms with Gasteiger partial charge in [0.15, 0.2) is 0 Å². The van der Waals surface area contributed by atoms with Crippen molar-refractivity contribution in [1.29, 1.82) is 0 Å². The van der Waals surface area contributed by atoms with Crippen LogP contribution in [0.1, 0.15) is 26.7 Å². The molecule has 0 aromatic heterocycles. The van der Waals surface area contributed by atoms with E-state index in [1.807, 2.05) is 0 Å². The molecule has 0 radical (unpaired) electrons. The lowest BCUT2D eigenvalue weighted by Gasteiger charge is -2.06. The maximum atomic E-state index is 12.5. The van der Waals surface area contributed by atoms with Crippen LogP contribution in [0.5, 0.6) is 0 Å². The quantitative estimate of drug-likeness (QED) is 0.521. The Bertz CT molecular complexity index is 186. The minimum absolute atomic E-state index is 0.0940. The minimum Gasteiger partial charge on any atom is -0.244 e. The molecule has 4 nitrogen and oxygen atoms in total. The predicted molar refractivity (Wildman–Crippen MR) is 42.6 cm³/mol. The largest absolute Gasteiger partial charge is 0.389 e. The van der Waals surface area contributed by atoms with Gasteiger partial charge in [-0.15, -0.1) is 0 Å². The average Bonchev–Trinajstić information content (AvgIpc) is 2.22. The number of halogens is 2. The Hall–Kier alpha value is -1.20. The summed E-state index contributed by atoms with van der Waals surface area (Å²) in [6.45, 7) is 2.83. The second kappa shape index (κ2) is 6.28. The van der Waals surface area contributed by atoms with Gasteiger partial charge < -0.3 is 0 Å². The summed E-state index contributed by atoms with van der Waals surface area (Å²) in [6, 6.07) is 0. The third kappa shape index (κ3) is 4.15. The molecule has 0 aromatic rings. The summed E-state index contributed by atoms with van der Waals surface area (Å²) >= 11 is 0. The Kier molecular flexibility index (Phi) is 5.74. The van der Waals surface area contributed by atoms with Crippen LogP contribution in [0.3, 0.4) is 0 Å². The van der Waals surface area contributed by atoms with Crippen LogP contribution in [0.15, 0.2) is 0 Å². The molecule has 14 heavy (non-hydrogen) atoms. The van der Waals surface area contributed by atoms with Crippen LogP contribution in [0.2, 0.25) is 0 Å². The van der Waals surface area contributed by atoms with Crippen LogP contribution in [0.4, 0.5) is 8.78 Å². The van der Waals surface area contributed by atoms with Gasteiger partial charge in [-0.3, -0.25) is 0 Å². The molecular weight excluding hydrogens is 198 g/mol. The summed E-state index contributed by atoms with van der Waals surface area (Å²) in [5.41, 5.74) is 0. The molecule has 0 saturated heterocycles. The zero-order valence-corrected chi connectivity index (χ0v) is 7.96. The van der Waals surface area contributed by atoms with Gasteiger partial charge in [0.25, 0.3) is 0 Å². The van der Waals surface area contributed by atoms with Crippen molar-refractivity contribution in [1.82, 2.24) is 0 Å². The molecule has 0 bridgehead atoms. The maximum absolute atomic E-state index is 12.5. The Morgan fingerprint density at radius 3 is 1.50 bits per heavy atom. The van der Waals surface area contributed by atoms with Crippen molar-refractivity contribution in [3.05, 3.63) is 0 Å². The summed E-state index contributed by atoms with van der Waals surface area (Å²) in [5, 5.41) is 0. The van der Waals surface area contributed by atoms with Crippen molar-refractivity contribution in [2.45, 2.75) is 39.0 Å². The van der Waals surface area contributed by atoms with Crippen molar-refractivity contribution >= 4 is 11.9 Å². The molecule has 0 amide bonds. The summed E-state index contributed by atoms with van der Waals surface area (Å²) in [7, 11) is 0. The molecule has 0 N–H and O–H groups in total. The van der Waals surface area contributed by atoms with Gasteiger partial charge in [0.05, 0.1) is 0 Å².